The molecule has 0 unspecified atom stereocenters. The van der Waals surface area contributed by atoms with E-state index >= 15 is 0 Å². The Hall–Kier alpha value is 0.236. The third-order valence-electron chi connectivity index (χ3n) is 1.69. The number of benzene rings is 1. The second-order valence-electron chi connectivity index (χ2n) is 2.56. The zero-order chi connectivity index (χ0) is 9.47. The Kier molecular flexibility index (Phi) is 3.86. The Bertz CT molecular complexity index is 554. The van der Waals surface area contributed by atoms with Gasteiger partial charge in [-0.25, -0.2) is 4.98 Å². The van der Waals surface area contributed by atoms with Gasteiger partial charge in [0.25, 0.3) is 10.1 Å². The zero-order valence-corrected chi connectivity index (χ0v) is 11.4. The summed E-state index contributed by atoms with van der Waals surface area (Å²) in [5.74, 6) is 0. The van der Waals surface area contributed by atoms with E-state index in [0.717, 1.165) is 0 Å². The second kappa shape index (κ2) is 4.39. The SMILES string of the molecule is O=S(=O)(O)c1ccc2nc[nH]c2c1.[H-].[K+]. The Balaban J connectivity index is 0.000000980. The molecule has 0 amide bonds. The molecule has 0 radical (unpaired) electrons. The predicted octanol–water partition coefficient (Wildman–Crippen LogP) is -2.07. The van der Waals surface area contributed by atoms with Crippen molar-refractivity contribution in [2.45, 2.75) is 4.90 Å². The van der Waals surface area contributed by atoms with Crippen molar-refractivity contribution in [3.8, 4) is 0 Å². The van der Waals surface area contributed by atoms with Crippen molar-refractivity contribution in [1.82, 2.24) is 9.97 Å². The summed E-state index contributed by atoms with van der Waals surface area (Å²) in [4.78, 5) is 6.52. The number of imidazole rings is 1. The normalized spacial score (nSPS) is 11.2. The number of aromatic nitrogens is 2. The van der Waals surface area contributed by atoms with Gasteiger partial charge in [0, 0.05) is 0 Å². The summed E-state index contributed by atoms with van der Waals surface area (Å²) in [5.41, 5.74) is 1.24. The molecule has 0 saturated heterocycles. The summed E-state index contributed by atoms with van der Waals surface area (Å²) < 4.78 is 30.2. The third kappa shape index (κ3) is 2.43. The first-order chi connectivity index (χ1) is 6.07. The Morgan fingerprint density at radius 3 is 2.79 bits per heavy atom. The van der Waals surface area contributed by atoms with E-state index in [4.69, 9.17) is 4.55 Å². The maximum atomic E-state index is 10.7. The van der Waals surface area contributed by atoms with Crippen molar-refractivity contribution in [3.05, 3.63) is 24.5 Å². The summed E-state index contributed by atoms with van der Waals surface area (Å²) >= 11 is 0. The average Bonchev–Trinajstić information content (AvgIpc) is 2.47. The summed E-state index contributed by atoms with van der Waals surface area (Å²) in [6, 6.07) is 4.16. The maximum Gasteiger partial charge on any atom is 1.00 e. The molecule has 5 nitrogen and oxygen atoms in total. The van der Waals surface area contributed by atoms with E-state index in [-0.39, 0.29) is 57.7 Å². The number of nitrogens with zero attached hydrogens (tertiary/aromatic N) is 1. The molecule has 70 valence electrons. The molecule has 0 fully saturated rings. The van der Waals surface area contributed by atoms with E-state index in [1.54, 1.807) is 0 Å². The molecule has 1 aromatic heterocycles. The third-order valence-corrected chi connectivity index (χ3v) is 2.54. The Morgan fingerprint density at radius 1 is 1.43 bits per heavy atom. The molecule has 0 bridgehead atoms. The molecule has 0 aliphatic heterocycles. The van der Waals surface area contributed by atoms with Crippen LogP contribution in [0, 0.1) is 0 Å². The molecule has 1 aromatic carbocycles. The van der Waals surface area contributed by atoms with E-state index in [0.29, 0.717) is 11.0 Å². The standard InChI is InChI=1S/C7H6N2O3S.K.H/c10-13(11,12)5-1-2-6-7(3-5)9-4-8-6;;/h1-4H,(H,8,9)(H,10,11,12);;/q;+1;-1. The van der Waals surface area contributed by atoms with Crippen LogP contribution >= 0.6 is 0 Å². The van der Waals surface area contributed by atoms with Gasteiger partial charge in [0.05, 0.1) is 22.3 Å². The van der Waals surface area contributed by atoms with E-state index in [1.165, 1.54) is 24.5 Å². The van der Waals surface area contributed by atoms with Gasteiger partial charge in [0.2, 0.25) is 0 Å². The van der Waals surface area contributed by atoms with Crippen LogP contribution in [0.25, 0.3) is 11.0 Å². The first kappa shape index (κ1) is 12.3. The van der Waals surface area contributed by atoms with Gasteiger partial charge in [-0.1, -0.05) is 0 Å². The molecule has 0 aliphatic carbocycles. The minimum Gasteiger partial charge on any atom is -1.00 e. The van der Waals surface area contributed by atoms with Crippen LogP contribution in [0.4, 0.5) is 0 Å². The van der Waals surface area contributed by atoms with Crippen molar-refractivity contribution in [3.63, 3.8) is 0 Å². The van der Waals surface area contributed by atoms with Crippen LogP contribution in [-0.4, -0.2) is 22.9 Å². The van der Waals surface area contributed by atoms with Gasteiger partial charge < -0.3 is 6.41 Å². The number of aromatic amines is 1. The van der Waals surface area contributed by atoms with Crippen LogP contribution in [0.15, 0.2) is 29.4 Å². The molecule has 2 aromatic rings. The zero-order valence-electron chi connectivity index (χ0n) is 8.43. The van der Waals surface area contributed by atoms with Crippen LogP contribution in [-0.2, 0) is 10.1 Å². The van der Waals surface area contributed by atoms with E-state index in [2.05, 4.69) is 9.97 Å². The number of fused-ring (bicyclic) bond motifs is 1. The summed E-state index contributed by atoms with van der Waals surface area (Å²) in [6.07, 6.45) is 1.46. The van der Waals surface area contributed by atoms with E-state index in [9.17, 15) is 8.42 Å². The quantitative estimate of drug-likeness (QED) is 0.441. The van der Waals surface area contributed by atoms with Crippen LogP contribution in [0.2, 0.25) is 0 Å². The average molecular weight is 238 g/mol. The molecule has 0 atom stereocenters. The van der Waals surface area contributed by atoms with Crippen molar-refractivity contribution in [1.29, 1.82) is 0 Å². The van der Waals surface area contributed by atoms with Crippen LogP contribution in [0.5, 0.6) is 0 Å². The Labute approximate surface area is 125 Å². The largest absolute Gasteiger partial charge is 1.00 e. The van der Waals surface area contributed by atoms with Crippen molar-refractivity contribution in [2.75, 3.05) is 0 Å². The molecule has 0 spiro atoms. The van der Waals surface area contributed by atoms with Gasteiger partial charge in [-0.3, -0.25) is 4.55 Å². The first-order valence-electron chi connectivity index (χ1n) is 3.48. The van der Waals surface area contributed by atoms with Gasteiger partial charge in [-0.2, -0.15) is 8.42 Å². The fraction of sp³-hybridized carbons (Fsp3) is 0. The number of hydrogen-bond acceptors (Lipinski definition) is 3. The van der Waals surface area contributed by atoms with Gasteiger partial charge in [-0.15, -0.1) is 0 Å². The van der Waals surface area contributed by atoms with Gasteiger partial charge in [0.15, 0.2) is 0 Å². The molecule has 0 saturated carbocycles. The van der Waals surface area contributed by atoms with E-state index < -0.39 is 10.1 Å². The second-order valence-corrected chi connectivity index (χ2v) is 3.98. The molecule has 7 heteroatoms. The topological polar surface area (TPSA) is 83.1 Å². The summed E-state index contributed by atoms with van der Waals surface area (Å²) in [6.45, 7) is 0. The maximum absolute atomic E-state index is 10.7. The number of H-pyrrole nitrogens is 1. The van der Waals surface area contributed by atoms with Crippen molar-refractivity contribution < 1.29 is 65.8 Å². The molecule has 14 heavy (non-hydrogen) atoms. The first-order valence-corrected chi connectivity index (χ1v) is 4.92. The Morgan fingerprint density at radius 2 is 2.14 bits per heavy atom. The number of hydrogen-bond donors (Lipinski definition) is 2. The molecule has 1 heterocycles. The van der Waals surface area contributed by atoms with Crippen LogP contribution in [0.1, 0.15) is 1.43 Å². The molecule has 0 aliphatic rings. The molecular formula is C7H7KN2O3S. The summed E-state index contributed by atoms with van der Waals surface area (Å²) in [5, 5.41) is 0. The minimum atomic E-state index is -4.12. The van der Waals surface area contributed by atoms with E-state index in [1.807, 2.05) is 0 Å². The van der Waals surface area contributed by atoms with Gasteiger partial charge >= 0.3 is 51.4 Å². The van der Waals surface area contributed by atoms with Crippen LogP contribution < -0.4 is 51.4 Å². The molecule has 2 N–H and O–H groups in total. The smallest absolute Gasteiger partial charge is 1.00 e. The fourth-order valence-electron chi connectivity index (χ4n) is 1.08. The van der Waals surface area contributed by atoms with Gasteiger partial charge in [-0.05, 0) is 18.2 Å². The predicted molar refractivity (Wildman–Crippen MR) is 47.0 cm³/mol. The summed E-state index contributed by atoms with van der Waals surface area (Å²) in [7, 11) is -4.12. The van der Waals surface area contributed by atoms with Gasteiger partial charge in [0.1, 0.15) is 0 Å². The fourth-order valence-corrected chi connectivity index (χ4v) is 1.58. The number of nitrogens with one attached hydrogen (secondary N) is 1. The van der Waals surface area contributed by atoms with Crippen molar-refractivity contribution >= 4 is 21.2 Å². The molecule has 2 rings (SSSR count). The number of rotatable bonds is 1. The monoisotopic (exact) mass is 238 g/mol. The van der Waals surface area contributed by atoms with Crippen LogP contribution in [0.3, 0.4) is 0 Å². The van der Waals surface area contributed by atoms with Crippen molar-refractivity contribution in [2.24, 2.45) is 0 Å². The molecular weight excluding hydrogens is 231 g/mol. The minimum absolute atomic E-state index is 0.